The number of hydrogen-bond donors (Lipinski definition) is 0. The molecule has 0 aromatic heterocycles. The second kappa shape index (κ2) is 4.49. The first-order valence-corrected chi connectivity index (χ1v) is 5.53. The van der Waals surface area contributed by atoms with E-state index in [0.717, 1.165) is 13.1 Å². The van der Waals surface area contributed by atoms with Crippen molar-refractivity contribution in [2.75, 3.05) is 13.1 Å². The molecule has 0 aliphatic carbocycles. The molecule has 0 aromatic rings. The van der Waals surface area contributed by atoms with E-state index in [1.165, 1.54) is 0 Å². The number of piperazine rings is 1. The van der Waals surface area contributed by atoms with Crippen molar-refractivity contribution in [2.24, 2.45) is 0 Å². The zero-order valence-corrected chi connectivity index (χ0v) is 10.1. The summed E-state index contributed by atoms with van der Waals surface area (Å²) in [5, 5.41) is -0.327. The van der Waals surface area contributed by atoms with E-state index >= 15 is 0 Å². The smallest absolute Gasteiger partial charge is 0.316 e. The monoisotopic (exact) mass is 218 g/mol. The van der Waals surface area contributed by atoms with Crippen molar-refractivity contribution in [3.05, 3.63) is 0 Å². The summed E-state index contributed by atoms with van der Waals surface area (Å²) >= 11 is 5.48. The largest absolute Gasteiger partial charge is 0.326 e. The molecule has 0 saturated carbocycles. The molecule has 1 heterocycles. The Kier molecular flexibility index (Phi) is 3.78. The molecule has 2 atom stereocenters. The van der Waals surface area contributed by atoms with Crippen LogP contribution in [0, 0.1) is 0 Å². The van der Waals surface area contributed by atoms with E-state index in [1.807, 2.05) is 0 Å². The van der Waals surface area contributed by atoms with Crippen LogP contribution < -0.4 is 0 Å². The number of rotatable bonds is 1. The highest BCUT2D eigenvalue weighted by Crippen LogP contribution is 2.19. The minimum atomic E-state index is -0.327. The van der Waals surface area contributed by atoms with Gasteiger partial charge in [-0.15, -0.1) is 0 Å². The molecule has 2 unspecified atom stereocenters. The molecule has 4 heteroatoms. The van der Waals surface area contributed by atoms with Crippen LogP contribution in [0.15, 0.2) is 0 Å². The summed E-state index contributed by atoms with van der Waals surface area (Å²) in [4.78, 5) is 15.2. The first-order valence-electron chi connectivity index (χ1n) is 5.15. The van der Waals surface area contributed by atoms with Gasteiger partial charge in [0.05, 0.1) is 0 Å². The maximum absolute atomic E-state index is 11.0. The zero-order chi connectivity index (χ0) is 10.9. The average Bonchev–Trinajstić information content (AvgIpc) is 2.01. The molecule has 0 radical (unpaired) electrons. The Morgan fingerprint density at radius 1 is 1.29 bits per heavy atom. The van der Waals surface area contributed by atoms with E-state index in [0.29, 0.717) is 18.1 Å². The Balaban J connectivity index is 2.67. The lowest BCUT2D eigenvalue weighted by molar-refractivity contribution is 0.0369. The van der Waals surface area contributed by atoms with Crippen LogP contribution in [0.2, 0.25) is 0 Å². The van der Waals surface area contributed by atoms with E-state index in [2.05, 4.69) is 32.6 Å². The SMILES string of the molecule is CC(C)N1C(C)CN(C(=O)Cl)CC1C. The van der Waals surface area contributed by atoms with Gasteiger partial charge in [0, 0.05) is 31.2 Å². The third-order valence-corrected chi connectivity index (χ3v) is 3.07. The predicted octanol–water partition coefficient (Wildman–Crippen LogP) is 2.15. The molecular weight excluding hydrogens is 200 g/mol. The van der Waals surface area contributed by atoms with Crippen LogP contribution in [0.3, 0.4) is 0 Å². The van der Waals surface area contributed by atoms with Crippen LogP contribution in [0.4, 0.5) is 4.79 Å². The summed E-state index contributed by atoms with van der Waals surface area (Å²) in [6.07, 6.45) is 0. The van der Waals surface area contributed by atoms with Gasteiger partial charge in [0.1, 0.15) is 0 Å². The Hall–Kier alpha value is -0.280. The van der Waals surface area contributed by atoms with E-state index in [4.69, 9.17) is 11.6 Å². The third-order valence-electron chi connectivity index (χ3n) is 2.83. The van der Waals surface area contributed by atoms with Crippen LogP contribution in [-0.4, -0.2) is 46.4 Å². The minimum Gasteiger partial charge on any atom is -0.326 e. The molecule has 1 aliphatic heterocycles. The lowest BCUT2D eigenvalue weighted by atomic mass is 10.1. The molecule has 0 N–H and O–H groups in total. The molecule has 14 heavy (non-hydrogen) atoms. The molecule has 1 rings (SSSR count). The summed E-state index contributed by atoms with van der Waals surface area (Å²) in [6.45, 7) is 10.1. The molecule has 1 saturated heterocycles. The van der Waals surface area contributed by atoms with Gasteiger partial charge in [0.15, 0.2) is 0 Å². The Morgan fingerprint density at radius 3 is 2.00 bits per heavy atom. The summed E-state index contributed by atoms with van der Waals surface area (Å²) in [5.74, 6) is 0. The van der Waals surface area contributed by atoms with Crippen molar-refractivity contribution in [3.8, 4) is 0 Å². The van der Waals surface area contributed by atoms with Crippen molar-refractivity contribution < 1.29 is 4.79 Å². The van der Waals surface area contributed by atoms with Crippen LogP contribution in [0.5, 0.6) is 0 Å². The highest BCUT2D eigenvalue weighted by molar-refractivity contribution is 6.62. The first-order chi connectivity index (χ1) is 6.43. The minimum absolute atomic E-state index is 0.327. The fraction of sp³-hybridized carbons (Fsp3) is 0.900. The molecule has 0 spiro atoms. The van der Waals surface area contributed by atoms with Crippen molar-refractivity contribution >= 4 is 17.0 Å². The fourth-order valence-electron chi connectivity index (χ4n) is 2.50. The van der Waals surface area contributed by atoms with Gasteiger partial charge in [-0.05, 0) is 39.3 Å². The number of halogens is 1. The molecule has 0 bridgehead atoms. The van der Waals surface area contributed by atoms with Crippen molar-refractivity contribution in [2.45, 2.75) is 45.8 Å². The summed E-state index contributed by atoms with van der Waals surface area (Å²) in [5.41, 5.74) is 0. The number of hydrogen-bond acceptors (Lipinski definition) is 2. The molecule has 1 aliphatic rings. The third kappa shape index (κ3) is 2.39. The second-order valence-corrected chi connectivity index (χ2v) is 4.72. The van der Waals surface area contributed by atoms with Crippen molar-refractivity contribution in [3.63, 3.8) is 0 Å². The molecule has 1 amide bonds. The summed E-state index contributed by atoms with van der Waals surface area (Å²) < 4.78 is 0. The number of carbonyl (C=O) groups is 1. The average molecular weight is 219 g/mol. The maximum atomic E-state index is 11.0. The van der Waals surface area contributed by atoms with Crippen LogP contribution in [0.25, 0.3) is 0 Å². The van der Waals surface area contributed by atoms with Gasteiger partial charge in [0.2, 0.25) is 0 Å². The van der Waals surface area contributed by atoms with E-state index in [9.17, 15) is 4.79 Å². The van der Waals surface area contributed by atoms with Gasteiger partial charge in [-0.1, -0.05) is 0 Å². The second-order valence-electron chi connectivity index (χ2n) is 4.40. The van der Waals surface area contributed by atoms with Crippen molar-refractivity contribution in [1.29, 1.82) is 0 Å². The highest BCUT2D eigenvalue weighted by atomic mass is 35.5. The van der Waals surface area contributed by atoms with Gasteiger partial charge in [-0.25, -0.2) is 0 Å². The quantitative estimate of drug-likeness (QED) is 0.498. The van der Waals surface area contributed by atoms with Crippen molar-refractivity contribution in [1.82, 2.24) is 9.80 Å². The Labute approximate surface area is 91.0 Å². The molecule has 1 fully saturated rings. The molecule has 3 nitrogen and oxygen atoms in total. The maximum Gasteiger partial charge on any atom is 0.316 e. The number of carbonyl (C=O) groups excluding carboxylic acids is 1. The summed E-state index contributed by atoms with van der Waals surface area (Å²) in [7, 11) is 0. The molecule has 0 aromatic carbocycles. The normalized spacial score (nSPS) is 29.7. The molecule has 82 valence electrons. The lowest BCUT2D eigenvalue weighted by Gasteiger charge is -2.45. The predicted molar refractivity (Wildman–Crippen MR) is 58.7 cm³/mol. The van der Waals surface area contributed by atoms with Gasteiger partial charge >= 0.3 is 5.37 Å². The standard InChI is InChI=1S/C10H19ClN2O/c1-7(2)13-8(3)5-12(10(11)14)6-9(13)4/h7-9H,5-6H2,1-4H3. The van der Waals surface area contributed by atoms with E-state index in [1.54, 1.807) is 4.90 Å². The lowest BCUT2D eigenvalue weighted by Crippen LogP contribution is -2.59. The first kappa shape index (κ1) is 11.8. The van der Waals surface area contributed by atoms with Gasteiger partial charge < -0.3 is 4.90 Å². The van der Waals surface area contributed by atoms with E-state index in [-0.39, 0.29) is 5.37 Å². The zero-order valence-electron chi connectivity index (χ0n) is 9.33. The van der Waals surface area contributed by atoms with E-state index < -0.39 is 0 Å². The fourth-order valence-corrected chi connectivity index (χ4v) is 2.63. The molecular formula is C10H19ClN2O. The van der Waals surface area contributed by atoms with Gasteiger partial charge in [0.25, 0.3) is 0 Å². The van der Waals surface area contributed by atoms with Crippen LogP contribution in [0.1, 0.15) is 27.7 Å². The van der Waals surface area contributed by atoms with Crippen LogP contribution >= 0.6 is 11.6 Å². The van der Waals surface area contributed by atoms with Crippen LogP contribution in [-0.2, 0) is 0 Å². The number of nitrogens with zero attached hydrogens (tertiary/aromatic N) is 2. The van der Waals surface area contributed by atoms with Gasteiger partial charge in [-0.3, -0.25) is 9.69 Å². The Bertz CT molecular complexity index is 208. The topological polar surface area (TPSA) is 23.6 Å². The van der Waals surface area contributed by atoms with Gasteiger partial charge in [-0.2, -0.15) is 0 Å². The highest BCUT2D eigenvalue weighted by Gasteiger charge is 2.32. The summed E-state index contributed by atoms with van der Waals surface area (Å²) in [6, 6.07) is 1.30. The Morgan fingerprint density at radius 2 is 1.71 bits per heavy atom. The number of amides is 1.